The van der Waals surface area contributed by atoms with Crippen LogP contribution in [0.1, 0.15) is 51.2 Å². The van der Waals surface area contributed by atoms with E-state index < -0.39 is 0 Å². The van der Waals surface area contributed by atoms with Gasteiger partial charge < -0.3 is 15.2 Å². The van der Waals surface area contributed by atoms with Crippen LogP contribution in [0.2, 0.25) is 0 Å². The molecule has 0 aliphatic carbocycles. The van der Waals surface area contributed by atoms with Crippen LogP contribution >= 0.6 is 0 Å². The number of aliphatic imine (C=N–C) groups is 1. The van der Waals surface area contributed by atoms with Gasteiger partial charge in [0.15, 0.2) is 11.8 Å². The van der Waals surface area contributed by atoms with Gasteiger partial charge in [0, 0.05) is 26.6 Å². The summed E-state index contributed by atoms with van der Waals surface area (Å²) in [5, 5.41) is 15.2. The molecule has 0 saturated carbocycles. The van der Waals surface area contributed by atoms with Crippen molar-refractivity contribution in [2.24, 2.45) is 10.9 Å². The molecular weight excluding hydrogens is 264 g/mol. The summed E-state index contributed by atoms with van der Waals surface area (Å²) in [6.07, 6.45) is 5.90. The Morgan fingerprint density at radius 2 is 2.14 bits per heavy atom. The molecule has 0 bridgehead atoms. The molecule has 6 nitrogen and oxygen atoms in total. The topological polar surface area (TPSA) is 67.1 Å². The lowest BCUT2D eigenvalue weighted by Crippen LogP contribution is -2.38. The maximum absolute atomic E-state index is 4.29. The van der Waals surface area contributed by atoms with E-state index in [1.165, 1.54) is 25.7 Å². The Labute approximate surface area is 127 Å². The van der Waals surface area contributed by atoms with E-state index >= 15 is 0 Å². The molecule has 6 heteroatoms. The van der Waals surface area contributed by atoms with Crippen LogP contribution in [0.3, 0.4) is 0 Å². The van der Waals surface area contributed by atoms with Crippen LogP contribution in [0.5, 0.6) is 0 Å². The summed E-state index contributed by atoms with van der Waals surface area (Å²) in [4.78, 5) is 4.25. The van der Waals surface area contributed by atoms with Crippen molar-refractivity contribution in [2.45, 2.75) is 59.0 Å². The van der Waals surface area contributed by atoms with Crippen LogP contribution in [-0.4, -0.2) is 34.3 Å². The molecule has 0 unspecified atom stereocenters. The molecule has 0 radical (unpaired) electrons. The average Bonchev–Trinajstić information content (AvgIpc) is 2.89. The maximum atomic E-state index is 4.29. The first-order valence-electron chi connectivity index (χ1n) is 8.06. The highest BCUT2D eigenvalue weighted by molar-refractivity contribution is 5.79. The van der Waals surface area contributed by atoms with Gasteiger partial charge in [0.25, 0.3) is 0 Å². The second kappa shape index (κ2) is 8.00. The number of hydrogen-bond donors (Lipinski definition) is 2. The third-order valence-corrected chi connectivity index (χ3v) is 3.82. The van der Waals surface area contributed by atoms with Crippen molar-refractivity contribution >= 4 is 5.96 Å². The van der Waals surface area contributed by atoms with E-state index in [4.69, 9.17) is 0 Å². The van der Waals surface area contributed by atoms with Gasteiger partial charge in [-0.3, -0.25) is 4.99 Å². The zero-order valence-electron chi connectivity index (χ0n) is 13.5. The molecule has 1 aliphatic rings. The number of aromatic nitrogens is 3. The van der Waals surface area contributed by atoms with Crippen molar-refractivity contribution in [1.82, 2.24) is 25.4 Å². The van der Waals surface area contributed by atoms with E-state index in [0.29, 0.717) is 6.54 Å². The van der Waals surface area contributed by atoms with E-state index in [-0.39, 0.29) is 0 Å². The first-order valence-corrected chi connectivity index (χ1v) is 8.06. The quantitative estimate of drug-likeness (QED) is 0.476. The molecule has 2 heterocycles. The first kappa shape index (κ1) is 15.8. The van der Waals surface area contributed by atoms with Gasteiger partial charge in [0.1, 0.15) is 5.82 Å². The molecule has 1 aromatic rings. The number of guanidine groups is 1. The van der Waals surface area contributed by atoms with E-state index in [9.17, 15) is 0 Å². The van der Waals surface area contributed by atoms with Crippen LogP contribution in [0.15, 0.2) is 4.99 Å². The molecule has 0 spiro atoms. The molecule has 118 valence electrons. The molecule has 0 fully saturated rings. The summed E-state index contributed by atoms with van der Waals surface area (Å²) < 4.78 is 2.24. The van der Waals surface area contributed by atoms with Crippen molar-refractivity contribution in [2.75, 3.05) is 13.6 Å². The largest absolute Gasteiger partial charge is 0.356 e. The molecule has 0 atom stereocenters. The predicted molar refractivity (Wildman–Crippen MR) is 85.2 cm³/mol. The van der Waals surface area contributed by atoms with Crippen LogP contribution in [0.25, 0.3) is 0 Å². The molecule has 1 aromatic heterocycles. The highest BCUT2D eigenvalue weighted by atomic mass is 15.3. The summed E-state index contributed by atoms with van der Waals surface area (Å²) >= 11 is 0. The minimum Gasteiger partial charge on any atom is -0.356 e. The number of rotatable bonds is 6. The van der Waals surface area contributed by atoms with Gasteiger partial charge in [0.05, 0.1) is 6.54 Å². The number of hydrogen-bond acceptors (Lipinski definition) is 3. The molecule has 0 aromatic carbocycles. The Hall–Kier alpha value is -1.59. The molecule has 2 rings (SSSR count). The van der Waals surface area contributed by atoms with Gasteiger partial charge in [0.2, 0.25) is 0 Å². The fourth-order valence-corrected chi connectivity index (χ4v) is 2.60. The molecule has 2 N–H and O–H groups in total. The van der Waals surface area contributed by atoms with Crippen molar-refractivity contribution < 1.29 is 0 Å². The van der Waals surface area contributed by atoms with Crippen molar-refractivity contribution in [1.29, 1.82) is 0 Å². The Morgan fingerprint density at radius 1 is 1.29 bits per heavy atom. The second-order valence-electron chi connectivity index (χ2n) is 6.03. The van der Waals surface area contributed by atoms with Crippen LogP contribution in [0.4, 0.5) is 0 Å². The Bertz CT molecular complexity index is 463. The SMILES string of the molecule is CN=C(NCCCC(C)C)NCc1nnc2n1CCCC2. The van der Waals surface area contributed by atoms with Crippen LogP contribution < -0.4 is 10.6 Å². The van der Waals surface area contributed by atoms with Crippen molar-refractivity contribution in [3.63, 3.8) is 0 Å². The van der Waals surface area contributed by atoms with Gasteiger partial charge >= 0.3 is 0 Å². The predicted octanol–water partition coefficient (Wildman–Crippen LogP) is 1.72. The standard InChI is InChI=1S/C15H28N6/c1-12(2)7-6-9-17-15(16-3)18-11-14-20-19-13-8-4-5-10-21(13)14/h12H,4-11H2,1-3H3,(H2,16,17,18). The number of nitrogens with zero attached hydrogens (tertiary/aromatic N) is 4. The third kappa shape index (κ3) is 4.72. The van der Waals surface area contributed by atoms with Crippen LogP contribution in [-0.2, 0) is 19.5 Å². The third-order valence-electron chi connectivity index (χ3n) is 3.82. The maximum Gasteiger partial charge on any atom is 0.191 e. The zero-order valence-corrected chi connectivity index (χ0v) is 13.5. The van der Waals surface area contributed by atoms with Crippen LogP contribution in [0, 0.1) is 5.92 Å². The summed E-state index contributed by atoms with van der Waals surface area (Å²) in [5.74, 6) is 3.73. The van der Waals surface area contributed by atoms with Crippen molar-refractivity contribution in [3.8, 4) is 0 Å². The highest BCUT2D eigenvalue weighted by Crippen LogP contribution is 2.13. The minimum absolute atomic E-state index is 0.677. The lowest BCUT2D eigenvalue weighted by Gasteiger charge is -2.16. The normalized spacial score (nSPS) is 15.1. The molecule has 0 saturated heterocycles. The lowest BCUT2D eigenvalue weighted by atomic mass is 10.1. The highest BCUT2D eigenvalue weighted by Gasteiger charge is 2.15. The number of fused-ring (bicyclic) bond motifs is 1. The van der Waals surface area contributed by atoms with E-state index in [0.717, 1.165) is 43.0 Å². The van der Waals surface area contributed by atoms with E-state index in [2.05, 4.69) is 44.2 Å². The zero-order chi connectivity index (χ0) is 15.1. The summed E-state index contributed by atoms with van der Waals surface area (Å²) in [6, 6.07) is 0. The Balaban J connectivity index is 1.77. The van der Waals surface area contributed by atoms with Gasteiger partial charge in [-0.15, -0.1) is 10.2 Å². The van der Waals surface area contributed by atoms with Gasteiger partial charge in [-0.25, -0.2) is 0 Å². The summed E-state index contributed by atoms with van der Waals surface area (Å²) in [6.45, 7) is 7.18. The van der Waals surface area contributed by atoms with Gasteiger partial charge in [-0.1, -0.05) is 13.8 Å². The molecule has 21 heavy (non-hydrogen) atoms. The Morgan fingerprint density at radius 3 is 2.90 bits per heavy atom. The summed E-state index contributed by atoms with van der Waals surface area (Å²) in [5.41, 5.74) is 0. The number of aryl methyl sites for hydroxylation is 1. The van der Waals surface area contributed by atoms with E-state index in [1.54, 1.807) is 7.05 Å². The molecule has 0 amide bonds. The fourth-order valence-electron chi connectivity index (χ4n) is 2.60. The summed E-state index contributed by atoms with van der Waals surface area (Å²) in [7, 11) is 1.80. The number of nitrogens with one attached hydrogen (secondary N) is 2. The average molecular weight is 292 g/mol. The van der Waals surface area contributed by atoms with Gasteiger partial charge in [-0.05, 0) is 31.6 Å². The Kier molecular flexibility index (Phi) is 6.02. The molecular formula is C15H28N6. The minimum atomic E-state index is 0.677. The second-order valence-corrected chi connectivity index (χ2v) is 6.03. The molecule has 1 aliphatic heterocycles. The van der Waals surface area contributed by atoms with E-state index in [1.807, 2.05) is 0 Å². The lowest BCUT2D eigenvalue weighted by molar-refractivity contribution is 0.504. The first-order chi connectivity index (χ1) is 10.2. The smallest absolute Gasteiger partial charge is 0.191 e. The van der Waals surface area contributed by atoms with Gasteiger partial charge in [-0.2, -0.15) is 0 Å². The fraction of sp³-hybridized carbons (Fsp3) is 0.800. The van der Waals surface area contributed by atoms with Crippen molar-refractivity contribution in [3.05, 3.63) is 11.6 Å². The monoisotopic (exact) mass is 292 g/mol.